The molecule has 0 unspecified atom stereocenters. The summed E-state index contributed by atoms with van der Waals surface area (Å²) in [6.07, 6.45) is 5.27. The lowest BCUT2D eigenvalue weighted by molar-refractivity contribution is 0.770. The summed E-state index contributed by atoms with van der Waals surface area (Å²) in [5, 5.41) is 13.5. The second kappa shape index (κ2) is 7.45. The maximum atomic E-state index is 12.6. The highest BCUT2D eigenvalue weighted by Crippen LogP contribution is 2.22. The first-order valence-electron chi connectivity index (χ1n) is 9.09. The number of rotatable bonds is 5. The quantitative estimate of drug-likeness (QED) is 0.582. The van der Waals surface area contributed by atoms with Crippen LogP contribution in [0.5, 0.6) is 0 Å². The number of H-pyrrole nitrogens is 1. The van der Waals surface area contributed by atoms with Gasteiger partial charge in [-0.2, -0.15) is 15.3 Å². The van der Waals surface area contributed by atoms with Crippen molar-refractivity contribution in [3.8, 4) is 17.3 Å². The molecule has 3 heterocycles. The predicted octanol–water partition coefficient (Wildman–Crippen LogP) is 2.89. The molecule has 0 radical (unpaired) electrons. The van der Waals surface area contributed by atoms with Crippen molar-refractivity contribution in [3.05, 3.63) is 81.7 Å². The summed E-state index contributed by atoms with van der Waals surface area (Å²) in [5.41, 5.74) is 4.52. The molecule has 4 rings (SSSR count). The fourth-order valence-electron chi connectivity index (χ4n) is 3.35. The van der Waals surface area contributed by atoms with Gasteiger partial charge in [0.05, 0.1) is 17.0 Å². The van der Waals surface area contributed by atoms with E-state index in [2.05, 4.69) is 33.0 Å². The third kappa shape index (κ3) is 3.16. The van der Waals surface area contributed by atoms with Gasteiger partial charge in [-0.1, -0.05) is 37.6 Å². The first-order chi connectivity index (χ1) is 13.7. The van der Waals surface area contributed by atoms with E-state index in [1.807, 2.05) is 24.3 Å². The normalized spacial score (nSPS) is 10.9. The zero-order valence-electron chi connectivity index (χ0n) is 15.4. The molecule has 1 N–H and O–H groups in total. The van der Waals surface area contributed by atoms with Crippen molar-refractivity contribution in [2.45, 2.75) is 26.2 Å². The average molecular weight is 370 g/mol. The Bertz CT molecular complexity index is 1230. The minimum atomic E-state index is -0.135. The molecule has 3 aromatic heterocycles. The van der Waals surface area contributed by atoms with Crippen molar-refractivity contribution in [2.24, 2.45) is 0 Å². The number of nitrogens with one attached hydrogen (secondary N) is 1. The number of aromatic nitrogens is 5. The number of hydrogen-bond acceptors (Lipinski definition) is 5. The lowest BCUT2D eigenvalue weighted by Gasteiger charge is -2.10. The van der Waals surface area contributed by atoms with Crippen LogP contribution in [0, 0.1) is 11.3 Å². The molecule has 0 amide bonds. The number of nitriles is 1. The Morgan fingerprint density at radius 3 is 2.75 bits per heavy atom. The largest absolute Gasteiger partial charge is 0.291 e. The molecule has 0 spiro atoms. The van der Waals surface area contributed by atoms with Crippen LogP contribution in [0.15, 0.2) is 53.7 Å². The SMILES string of the molecule is CCCc1c(Cc2ccc(-c3ncccc3C#N)cc2)c(=O)[nH]c2ncnn12. The lowest BCUT2D eigenvalue weighted by Crippen LogP contribution is -2.20. The lowest BCUT2D eigenvalue weighted by atomic mass is 9.99. The van der Waals surface area contributed by atoms with E-state index in [4.69, 9.17) is 0 Å². The van der Waals surface area contributed by atoms with Crippen molar-refractivity contribution >= 4 is 5.78 Å². The van der Waals surface area contributed by atoms with Gasteiger partial charge in [0.25, 0.3) is 5.56 Å². The molecule has 0 aliphatic heterocycles. The van der Waals surface area contributed by atoms with Gasteiger partial charge in [0.1, 0.15) is 12.4 Å². The maximum Gasteiger partial charge on any atom is 0.256 e. The van der Waals surface area contributed by atoms with Crippen molar-refractivity contribution < 1.29 is 0 Å². The van der Waals surface area contributed by atoms with E-state index in [0.29, 0.717) is 29.0 Å². The van der Waals surface area contributed by atoms with Crippen LogP contribution in [0.3, 0.4) is 0 Å². The maximum absolute atomic E-state index is 12.6. The number of pyridine rings is 1. The molecular weight excluding hydrogens is 352 g/mol. The highest BCUT2D eigenvalue weighted by Gasteiger charge is 2.14. The Morgan fingerprint density at radius 1 is 1.18 bits per heavy atom. The summed E-state index contributed by atoms with van der Waals surface area (Å²) in [4.78, 5) is 23.8. The topological polar surface area (TPSA) is 99.7 Å². The monoisotopic (exact) mass is 370 g/mol. The number of fused-ring (bicyclic) bond motifs is 1. The molecule has 7 heteroatoms. The molecule has 138 valence electrons. The van der Waals surface area contributed by atoms with Crippen LogP contribution in [-0.4, -0.2) is 24.6 Å². The fraction of sp³-hybridized carbons (Fsp3) is 0.190. The van der Waals surface area contributed by atoms with E-state index >= 15 is 0 Å². The number of aromatic amines is 1. The van der Waals surface area contributed by atoms with Crippen LogP contribution in [0.25, 0.3) is 17.0 Å². The van der Waals surface area contributed by atoms with E-state index in [1.54, 1.807) is 22.8 Å². The Labute approximate surface area is 161 Å². The van der Waals surface area contributed by atoms with E-state index in [0.717, 1.165) is 29.7 Å². The van der Waals surface area contributed by atoms with E-state index in [1.165, 1.54) is 6.33 Å². The summed E-state index contributed by atoms with van der Waals surface area (Å²) in [6.45, 7) is 2.07. The third-order valence-electron chi connectivity index (χ3n) is 4.67. The van der Waals surface area contributed by atoms with Crippen LogP contribution in [0.1, 0.15) is 35.7 Å². The molecule has 0 aliphatic rings. The highest BCUT2D eigenvalue weighted by atomic mass is 16.1. The zero-order valence-corrected chi connectivity index (χ0v) is 15.4. The summed E-state index contributed by atoms with van der Waals surface area (Å²) in [7, 11) is 0. The molecule has 0 saturated carbocycles. The smallest absolute Gasteiger partial charge is 0.256 e. The minimum absolute atomic E-state index is 0.135. The Balaban J connectivity index is 1.71. The summed E-state index contributed by atoms with van der Waals surface area (Å²) < 4.78 is 1.71. The van der Waals surface area contributed by atoms with Gasteiger partial charge >= 0.3 is 0 Å². The molecule has 1 aromatic carbocycles. The summed E-state index contributed by atoms with van der Waals surface area (Å²) >= 11 is 0. The number of hydrogen-bond donors (Lipinski definition) is 1. The predicted molar refractivity (Wildman–Crippen MR) is 105 cm³/mol. The number of aryl methyl sites for hydroxylation is 1. The number of benzene rings is 1. The Hall–Kier alpha value is -3.79. The molecule has 0 saturated heterocycles. The van der Waals surface area contributed by atoms with Gasteiger partial charge in [-0.15, -0.1) is 0 Å². The molecular formula is C21H18N6O. The van der Waals surface area contributed by atoms with Crippen LogP contribution in [0.2, 0.25) is 0 Å². The molecule has 0 aliphatic carbocycles. The van der Waals surface area contributed by atoms with Gasteiger partial charge in [0.2, 0.25) is 5.78 Å². The second-order valence-corrected chi connectivity index (χ2v) is 6.51. The summed E-state index contributed by atoms with van der Waals surface area (Å²) in [6, 6.07) is 13.5. The molecule has 7 nitrogen and oxygen atoms in total. The third-order valence-corrected chi connectivity index (χ3v) is 4.67. The first kappa shape index (κ1) is 17.6. The van der Waals surface area contributed by atoms with Crippen LogP contribution in [-0.2, 0) is 12.8 Å². The molecule has 0 atom stereocenters. The minimum Gasteiger partial charge on any atom is -0.291 e. The molecule has 0 fully saturated rings. The molecule has 0 bridgehead atoms. The Kier molecular flexibility index (Phi) is 4.68. The van der Waals surface area contributed by atoms with Crippen LogP contribution < -0.4 is 5.56 Å². The zero-order chi connectivity index (χ0) is 19.5. The van der Waals surface area contributed by atoms with Gasteiger partial charge in [-0.05, 0) is 24.1 Å². The van der Waals surface area contributed by atoms with Gasteiger partial charge < -0.3 is 0 Å². The van der Waals surface area contributed by atoms with E-state index in [-0.39, 0.29) is 5.56 Å². The number of nitrogens with zero attached hydrogens (tertiary/aromatic N) is 5. The highest BCUT2D eigenvalue weighted by molar-refractivity contribution is 5.66. The average Bonchev–Trinajstić information content (AvgIpc) is 3.19. The van der Waals surface area contributed by atoms with Gasteiger partial charge in [-0.25, -0.2) is 4.52 Å². The van der Waals surface area contributed by atoms with Crippen LogP contribution >= 0.6 is 0 Å². The van der Waals surface area contributed by atoms with Crippen molar-refractivity contribution in [1.82, 2.24) is 24.6 Å². The fourth-order valence-corrected chi connectivity index (χ4v) is 3.35. The molecule has 4 aromatic rings. The first-order valence-corrected chi connectivity index (χ1v) is 9.09. The van der Waals surface area contributed by atoms with Crippen molar-refractivity contribution in [2.75, 3.05) is 0 Å². The van der Waals surface area contributed by atoms with E-state index < -0.39 is 0 Å². The standard InChI is InChI=1S/C21H18N6O/c1-2-4-18-17(20(28)26-21-24-13-25-27(18)21)11-14-6-8-15(9-7-14)19-16(12-22)5-3-10-23-19/h3,5-10,13H,2,4,11H2,1H3,(H,24,25,26,28). The van der Waals surface area contributed by atoms with Gasteiger partial charge in [-0.3, -0.25) is 14.8 Å². The van der Waals surface area contributed by atoms with Crippen LogP contribution in [0.4, 0.5) is 0 Å². The van der Waals surface area contributed by atoms with Gasteiger partial charge in [0, 0.05) is 23.7 Å². The van der Waals surface area contributed by atoms with Gasteiger partial charge in [0.15, 0.2) is 0 Å². The Morgan fingerprint density at radius 2 is 2.00 bits per heavy atom. The molecule has 28 heavy (non-hydrogen) atoms. The van der Waals surface area contributed by atoms with E-state index in [9.17, 15) is 10.1 Å². The second-order valence-electron chi connectivity index (χ2n) is 6.51. The van der Waals surface area contributed by atoms with Crippen molar-refractivity contribution in [1.29, 1.82) is 5.26 Å². The summed E-state index contributed by atoms with van der Waals surface area (Å²) in [5.74, 6) is 0.465. The van der Waals surface area contributed by atoms with Crippen molar-refractivity contribution in [3.63, 3.8) is 0 Å².